The van der Waals surface area contributed by atoms with Crippen LogP contribution in [0.4, 0.5) is 0 Å². The van der Waals surface area contributed by atoms with Crippen LogP contribution in [0.25, 0.3) is 0 Å². The standard InChI is InChI=1S/C6H13NO3P2/c1-4(8)5(7-2)3-6(9)10-12-11/h5,7,12H,3,11H2,1-2H3. The van der Waals surface area contributed by atoms with E-state index in [2.05, 4.69) is 18.8 Å². The van der Waals surface area contributed by atoms with E-state index in [1.54, 1.807) is 7.05 Å². The molecule has 70 valence electrons. The minimum Gasteiger partial charge on any atom is -0.444 e. The molecule has 0 aromatic heterocycles. The molecule has 1 N–H and O–H groups in total. The number of carbonyl (C=O) groups is 2. The van der Waals surface area contributed by atoms with E-state index in [4.69, 9.17) is 0 Å². The van der Waals surface area contributed by atoms with Gasteiger partial charge in [0.25, 0.3) is 0 Å². The Labute approximate surface area is 75.8 Å². The van der Waals surface area contributed by atoms with Gasteiger partial charge < -0.3 is 9.84 Å². The third kappa shape index (κ3) is 4.76. The lowest BCUT2D eigenvalue weighted by atomic mass is 10.1. The zero-order valence-corrected chi connectivity index (χ0v) is 9.24. The molecule has 3 atom stereocenters. The van der Waals surface area contributed by atoms with E-state index in [-0.39, 0.29) is 26.7 Å². The van der Waals surface area contributed by atoms with Gasteiger partial charge >= 0.3 is 5.97 Å². The average Bonchev–Trinajstić information content (AvgIpc) is 2.00. The Hall–Kier alpha value is -0.0400. The molecule has 0 aromatic carbocycles. The zero-order chi connectivity index (χ0) is 9.56. The maximum atomic E-state index is 10.9. The van der Waals surface area contributed by atoms with Crippen molar-refractivity contribution in [3.63, 3.8) is 0 Å². The van der Waals surface area contributed by atoms with Crippen molar-refractivity contribution in [3.05, 3.63) is 0 Å². The molecule has 0 rings (SSSR count). The first kappa shape index (κ1) is 12.0. The first-order valence-electron chi connectivity index (χ1n) is 3.44. The number of hydrogen-bond acceptors (Lipinski definition) is 4. The fourth-order valence-electron chi connectivity index (χ4n) is 0.723. The minimum absolute atomic E-state index is 0.0541. The fraction of sp³-hybridized carbons (Fsp3) is 0.667. The number of Topliss-reactive ketones (excluding diaryl/α,β-unsaturated/α-hetero) is 1. The minimum atomic E-state index is -0.418. The predicted molar refractivity (Wildman–Crippen MR) is 52.3 cm³/mol. The van der Waals surface area contributed by atoms with Crippen LogP contribution in [0.1, 0.15) is 13.3 Å². The van der Waals surface area contributed by atoms with Crippen molar-refractivity contribution >= 4 is 29.2 Å². The lowest BCUT2D eigenvalue weighted by Gasteiger charge is -2.10. The molecule has 0 aromatic rings. The summed E-state index contributed by atoms with van der Waals surface area (Å²) >= 11 is 0. The van der Waals surface area contributed by atoms with E-state index in [1.807, 2.05) is 0 Å². The molecule has 0 heterocycles. The first-order valence-corrected chi connectivity index (χ1v) is 6.16. The van der Waals surface area contributed by atoms with E-state index in [0.717, 1.165) is 0 Å². The summed E-state index contributed by atoms with van der Waals surface area (Å²) in [5.41, 5.74) is 0. The summed E-state index contributed by atoms with van der Waals surface area (Å²) in [6, 6.07) is -0.418. The molecule has 0 saturated heterocycles. The monoisotopic (exact) mass is 209 g/mol. The maximum absolute atomic E-state index is 10.9. The Balaban J connectivity index is 3.85. The van der Waals surface area contributed by atoms with Gasteiger partial charge in [0.2, 0.25) is 0 Å². The molecule has 0 aliphatic heterocycles. The summed E-state index contributed by atoms with van der Waals surface area (Å²) in [7, 11) is 4.01. The number of nitrogens with one attached hydrogen (secondary N) is 1. The normalized spacial score (nSPS) is 13.2. The van der Waals surface area contributed by atoms with Gasteiger partial charge in [0, 0.05) is 0 Å². The molecule has 0 radical (unpaired) electrons. The summed E-state index contributed by atoms with van der Waals surface area (Å²) in [6.45, 7) is 1.44. The van der Waals surface area contributed by atoms with Crippen LogP contribution in [0.3, 0.4) is 0 Å². The van der Waals surface area contributed by atoms with Crippen LogP contribution in [0.5, 0.6) is 0 Å². The van der Waals surface area contributed by atoms with Gasteiger partial charge in [-0.25, -0.2) is 0 Å². The van der Waals surface area contributed by atoms with Crippen molar-refractivity contribution in [3.8, 4) is 0 Å². The van der Waals surface area contributed by atoms with Crippen molar-refractivity contribution in [1.29, 1.82) is 0 Å². The second kappa shape index (κ2) is 6.47. The van der Waals surface area contributed by atoms with Crippen molar-refractivity contribution in [2.75, 3.05) is 7.05 Å². The second-order valence-electron chi connectivity index (χ2n) is 2.25. The molecule has 0 fully saturated rings. The van der Waals surface area contributed by atoms with Gasteiger partial charge in [-0.05, 0) is 14.0 Å². The molecule has 4 nitrogen and oxygen atoms in total. The number of hydrogen-bond donors (Lipinski definition) is 1. The summed E-state index contributed by atoms with van der Waals surface area (Å²) in [6.07, 6.45) is 0.104. The maximum Gasteiger partial charge on any atom is 0.310 e. The second-order valence-corrected chi connectivity index (χ2v) is 3.39. The van der Waals surface area contributed by atoms with E-state index in [9.17, 15) is 9.59 Å². The summed E-state index contributed by atoms with van der Waals surface area (Å²) in [5.74, 6) is -0.403. The van der Waals surface area contributed by atoms with Crippen LogP contribution in [0.15, 0.2) is 0 Å². The Morgan fingerprint density at radius 2 is 2.25 bits per heavy atom. The lowest BCUT2D eigenvalue weighted by molar-refractivity contribution is -0.135. The highest BCUT2D eigenvalue weighted by Crippen LogP contribution is 2.22. The number of rotatable bonds is 5. The van der Waals surface area contributed by atoms with Crippen LogP contribution in [-0.4, -0.2) is 24.8 Å². The molecule has 0 spiro atoms. The van der Waals surface area contributed by atoms with Crippen LogP contribution in [0, 0.1) is 0 Å². The largest absolute Gasteiger partial charge is 0.444 e. The SMILES string of the molecule is CNC(CC(=O)OPP)C(C)=O. The molecule has 0 aliphatic carbocycles. The Kier molecular flexibility index (Phi) is 6.45. The lowest BCUT2D eigenvalue weighted by Crippen LogP contribution is -2.34. The highest BCUT2D eigenvalue weighted by atomic mass is 32.0. The number of likely N-dealkylation sites (N-methyl/N-ethyl adjacent to an activating group) is 1. The molecular weight excluding hydrogens is 196 g/mol. The van der Waals surface area contributed by atoms with Crippen molar-refractivity contribution in [2.45, 2.75) is 19.4 Å². The molecule has 0 aliphatic rings. The third-order valence-electron chi connectivity index (χ3n) is 1.38. The topological polar surface area (TPSA) is 55.4 Å². The highest BCUT2D eigenvalue weighted by molar-refractivity contribution is 8.00. The van der Waals surface area contributed by atoms with Crippen molar-refractivity contribution in [2.24, 2.45) is 0 Å². The summed E-state index contributed by atoms with van der Waals surface area (Å²) in [4.78, 5) is 21.7. The predicted octanol–water partition coefficient (Wildman–Crippen LogP) is 0.480. The van der Waals surface area contributed by atoms with Crippen LogP contribution in [-0.2, 0) is 14.1 Å². The highest BCUT2D eigenvalue weighted by Gasteiger charge is 2.16. The van der Waals surface area contributed by atoms with Crippen LogP contribution < -0.4 is 5.32 Å². The van der Waals surface area contributed by atoms with Gasteiger partial charge in [0.1, 0.15) is 5.78 Å². The molecule has 0 amide bonds. The summed E-state index contributed by atoms with van der Waals surface area (Å²) in [5, 5.41) is 2.74. The average molecular weight is 209 g/mol. The van der Waals surface area contributed by atoms with Crippen LogP contribution in [0.2, 0.25) is 0 Å². The number of ketones is 1. The van der Waals surface area contributed by atoms with Gasteiger partial charge in [0.05, 0.1) is 21.0 Å². The third-order valence-corrected chi connectivity index (χ3v) is 2.08. The van der Waals surface area contributed by atoms with Gasteiger partial charge in [-0.2, -0.15) is 0 Å². The van der Waals surface area contributed by atoms with E-state index in [1.165, 1.54) is 6.92 Å². The zero-order valence-electron chi connectivity index (χ0n) is 7.09. The summed E-state index contributed by atoms with van der Waals surface area (Å²) < 4.78 is 4.68. The van der Waals surface area contributed by atoms with Crippen LogP contribution >= 0.6 is 17.4 Å². The molecule has 3 unspecified atom stereocenters. The molecule has 6 heteroatoms. The van der Waals surface area contributed by atoms with E-state index < -0.39 is 6.04 Å². The Morgan fingerprint density at radius 3 is 2.58 bits per heavy atom. The molecule has 0 bridgehead atoms. The van der Waals surface area contributed by atoms with Gasteiger partial charge in [0.15, 0.2) is 0 Å². The number of carbonyl (C=O) groups excluding carboxylic acids is 2. The van der Waals surface area contributed by atoms with Crippen molar-refractivity contribution in [1.82, 2.24) is 5.32 Å². The molecular formula is C6H13NO3P2. The van der Waals surface area contributed by atoms with E-state index >= 15 is 0 Å². The quantitative estimate of drug-likeness (QED) is 0.669. The molecule has 12 heavy (non-hydrogen) atoms. The Morgan fingerprint density at radius 1 is 1.67 bits per heavy atom. The van der Waals surface area contributed by atoms with Crippen molar-refractivity contribution < 1.29 is 14.1 Å². The fourth-order valence-corrected chi connectivity index (χ4v) is 1.33. The smallest absolute Gasteiger partial charge is 0.310 e. The Bertz CT molecular complexity index is 174. The van der Waals surface area contributed by atoms with Gasteiger partial charge in [-0.15, -0.1) is 0 Å². The van der Waals surface area contributed by atoms with Gasteiger partial charge in [-0.3, -0.25) is 9.59 Å². The van der Waals surface area contributed by atoms with Gasteiger partial charge in [-0.1, -0.05) is 8.93 Å². The molecule has 0 saturated carbocycles. The first-order chi connectivity index (χ1) is 5.61. The van der Waals surface area contributed by atoms with E-state index in [0.29, 0.717) is 0 Å².